The van der Waals surface area contributed by atoms with Gasteiger partial charge in [-0.1, -0.05) is 0 Å². The molecule has 0 unspecified atom stereocenters. The van der Waals surface area contributed by atoms with Crippen LogP contribution >= 0.6 is 0 Å². The molecule has 0 radical (unpaired) electrons. The molecule has 0 fully saturated rings. The molecule has 100 valence electrons. The number of carbonyl (C=O) groups excluding carboxylic acids is 1. The zero-order valence-corrected chi connectivity index (χ0v) is 10.8. The Morgan fingerprint density at radius 3 is 2.72 bits per heavy atom. The first-order chi connectivity index (χ1) is 8.28. The van der Waals surface area contributed by atoms with Crippen molar-refractivity contribution in [2.45, 2.75) is 12.8 Å². The van der Waals surface area contributed by atoms with Gasteiger partial charge in [0.25, 0.3) is 0 Å². The van der Waals surface area contributed by atoms with Gasteiger partial charge in [0.1, 0.15) is 15.7 Å². The molecule has 1 rings (SSSR count). The van der Waals surface area contributed by atoms with Crippen molar-refractivity contribution in [1.82, 2.24) is 0 Å². The summed E-state index contributed by atoms with van der Waals surface area (Å²) in [5.74, 6) is -1.09. The molecule has 0 spiro atoms. The van der Waals surface area contributed by atoms with Gasteiger partial charge in [-0.25, -0.2) is 12.8 Å². The molecule has 0 aliphatic rings. The Morgan fingerprint density at radius 1 is 1.44 bits per heavy atom. The van der Waals surface area contributed by atoms with Gasteiger partial charge in [-0.3, -0.25) is 4.79 Å². The molecular formula is C11H15FN2O3S. The van der Waals surface area contributed by atoms with Crippen molar-refractivity contribution in [3.8, 4) is 0 Å². The summed E-state index contributed by atoms with van der Waals surface area (Å²) in [6, 6.07) is 3.85. The maximum atomic E-state index is 13.3. The third-order valence-electron chi connectivity index (χ3n) is 2.18. The number of nitrogens with two attached hydrogens (primary N) is 1. The molecule has 0 saturated carbocycles. The number of hydrogen-bond acceptors (Lipinski definition) is 4. The lowest BCUT2D eigenvalue weighted by Gasteiger charge is -2.06. The lowest BCUT2D eigenvalue weighted by atomic mass is 10.2. The van der Waals surface area contributed by atoms with Crippen LogP contribution in [0.2, 0.25) is 0 Å². The van der Waals surface area contributed by atoms with Gasteiger partial charge in [-0.05, 0) is 24.6 Å². The molecule has 0 heterocycles. The zero-order chi connectivity index (χ0) is 13.8. The summed E-state index contributed by atoms with van der Waals surface area (Å²) < 4.78 is 35.0. The van der Waals surface area contributed by atoms with Gasteiger partial charge in [-0.2, -0.15) is 0 Å². The highest BCUT2D eigenvalue weighted by Crippen LogP contribution is 2.17. The maximum absolute atomic E-state index is 13.3. The van der Waals surface area contributed by atoms with Crippen molar-refractivity contribution in [3.05, 3.63) is 24.0 Å². The average molecular weight is 274 g/mol. The van der Waals surface area contributed by atoms with Gasteiger partial charge in [0.15, 0.2) is 0 Å². The summed E-state index contributed by atoms with van der Waals surface area (Å²) in [7, 11) is -3.08. The number of anilines is 2. The predicted molar refractivity (Wildman–Crippen MR) is 68.4 cm³/mol. The molecule has 0 aliphatic heterocycles. The molecule has 1 aromatic rings. The van der Waals surface area contributed by atoms with Crippen LogP contribution in [-0.2, 0) is 14.6 Å². The van der Waals surface area contributed by atoms with Crippen LogP contribution in [0.1, 0.15) is 12.8 Å². The molecule has 0 aromatic heterocycles. The summed E-state index contributed by atoms with van der Waals surface area (Å²) in [6.45, 7) is 0. The number of amides is 1. The van der Waals surface area contributed by atoms with Crippen LogP contribution in [0.15, 0.2) is 18.2 Å². The van der Waals surface area contributed by atoms with Crippen molar-refractivity contribution in [2.24, 2.45) is 0 Å². The number of nitrogen functional groups attached to an aromatic ring is 1. The molecule has 0 aliphatic carbocycles. The highest BCUT2D eigenvalue weighted by molar-refractivity contribution is 7.90. The normalized spacial score (nSPS) is 11.2. The third kappa shape index (κ3) is 5.13. The van der Waals surface area contributed by atoms with Crippen molar-refractivity contribution in [2.75, 3.05) is 23.1 Å². The number of rotatable bonds is 5. The third-order valence-corrected chi connectivity index (χ3v) is 3.21. The van der Waals surface area contributed by atoms with Gasteiger partial charge >= 0.3 is 0 Å². The summed E-state index contributed by atoms with van der Waals surface area (Å²) >= 11 is 0. The first-order valence-electron chi connectivity index (χ1n) is 5.30. The van der Waals surface area contributed by atoms with Crippen molar-refractivity contribution in [1.29, 1.82) is 0 Å². The van der Waals surface area contributed by atoms with E-state index in [0.717, 1.165) is 12.3 Å². The van der Waals surface area contributed by atoms with E-state index < -0.39 is 21.6 Å². The van der Waals surface area contributed by atoms with Crippen LogP contribution < -0.4 is 11.1 Å². The number of sulfone groups is 1. The Bertz CT molecular complexity index is 543. The van der Waals surface area contributed by atoms with Crippen LogP contribution in [0.5, 0.6) is 0 Å². The summed E-state index contributed by atoms with van der Waals surface area (Å²) in [6.07, 6.45) is 1.32. The summed E-state index contributed by atoms with van der Waals surface area (Å²) in [5.41, 5.74) is 5.80. The van der Waals surface area contributed by atoms with Crippen LogP contribution in [-0.4, -0.2) is 26.3 Å². The molecule has 0 bridgehead atoms. The predicted octanol–water partition coefficient (Wildman–Crippen LogP) is 1.17. The minimum Gasteiger partial charge on any atom is -0.399 e. The molecular weight excluding hydrogens is 259 g/mol. The van der Waals surface area contributed by atoms with E-state index in [4.69, 9.17) is 5.73 Å². The average Bonchev–Trinajstić information content (AvgIpc) is 2.21. The molecule has 0 atom stereocenters. The van der Waals surface area contributed by atoms with Crippen LogP contribution in [0.4, 0.5) is 15.8 Å². The van der Waals surface area contributed by atoms with E-state index in [1.807, 2.05) is 0 Å². The van der Waals surface area contributed by atoms with Gasteiger partial charge in [0.05, 0.1) is 11.4 Å². The van der Waals surface area contributed by atoms with Crippen LogP contribution in [0, 0.1) is 5.82 Å². The second-order valence-corrected chi connectivity index (χ2v) is 6.28. The van der Waals surface area contributed by atoms with Crippen LogP contribution in [0.25, 0.3) is 0 Å². The number of benzene rings is 1. The molecule has 7 heteroatoms. The molecule has 3 N–H and O–H groups in total. The standard InChI is InChI=1S/C11H15FN2O3S/c1-18(16,17)6-2-3-11(15)14-10-7-8(13)4-5-9(10)12/h4-5,7H,2-3,6,13H2,1H3,(H,14,15). The van der Waals surface area contributed by atoms with Crippen molar-refractivity contribution < 1.29 is 17.6 Å². The van der Waals surface area contributed by atoms with Crippen molar-refractivity contribution >= 4 is 27.1 Å². The maximum Gasteiger partial charge on any atom is 0.224 e. The van der Waals surface area contributed by atoms with E-state index in [1.165, 1.54) is 12.1 Å². The SMILES string of the molecule is CS(=O)(=O)CCCC(=O)Nc1cc(N)ccc1F. The fraction of sp³-hybridized carbons (Fsp3) is 0.364. The topological polar surface area (TPSA) is 89.3 Å². The molecule has 0 saturated heterocycles. The largest absolute Gasteiger partial charge is 0.399 e. The number of halogens is 1. The van der Waals surface area contributed by atoms with Gasteiger partial charge < -0.3 is 11.1 Å². The highest BCUT2D eigenvalue weighted by atomic mass is 32.2. The van der Waals surface area contributed by atoms with E-state index in [2.05, 4.69) is 5.32 Å². The lowest BCUT2D eigenvalue weighted by molar-refractivity contribution is -0.116. The quantitative estimate of drug-likeness (QED) is 0.789. The minimum absolute atomic E-state index is 0.000597. The summed E-state index contributed by atoms with van der Waals surface area (Å²) in [5, 5.41) is 2.35. The Kier molecular flexibility index (Phi) is 4.66. The van der Waals surface area contributed by atoms with Gasteiger partial charge in [-0.15, -0.1) is 0 Å². The second-order valence-electron chi connectivity index (χ2n) is 4.02. The monoisotopic (exact) mass is 274 g/mol. The fourth-order valence-corrected chi connectivity index (χ4v) is 2.02. The minimum atomic E-state index is -3.08. The first kappa shape index (κ1) is 14.4. The van der Waals surface area contributed by atoms with Crippen LogP contribution in [0.3, 0.4) is 0 Å². The smallest absolute Gasteiger partial charge is 0.224 e. The summed E-state index contributed by atoms with van der Waals surface area (Å²) in [4.78, 5) is 11.4. The number of hydrogen-bond donors (Lipinski definition) is 2. The first-order valence-corrected chi connectivity index (χ1v) is 7.36. The fourth-order valence-electron chi connectivity index (χ4n) is 1.35. The Morgan fingerprint density at radius 2 is 2.11 bits per heavy atom. The Hall–Kier alpha value is -1.63. The second kappa shape index (κ2) is 5.81. The van der Waals surface area contributed by atoms with Gasteiger partial charge in [0.2, 0.25) is 5.91 Å². The van der Waals surface area contributed by atoms with E-state index >= 15 is 0 Å². The molecule has 18 heavy (non-hydrogen) atoms. The Balaban J connectivity index is 2.52. The van der Waals surface area contributed by atoms with E-state index in [0.29, 0.717) is 5.69 Å². The zero-order valence-electron chi connectivity index (χ0n) is 9.94. The highest BCUT2D eigenvalue weighted by Gasteiger charge is 2.09. The van der Waals surface area contributed by atoms with Crippen molar-refractivity contribution in [3.63, 3.8) is 0 Å². The van der Waals surface area contributed by atoms with E-state index in [9.17, 15) is 17.6 Å². The molecule has 1 amide bonds. The Labute approximate surface area is 105 Å². The molecule has 1 aromatic carbocycles. The van der Waals surface area contributed by atoms with Gasteiger partial charge in [0, 0.05) is 18.4 Å². The van der Waals surface area contributed by atoms with E-state index in [-0.39, 0.29) is 24.3 Å². The van der Waals surface area contributed by atoms with E-state index in [1.54, 1.807) is 0 Å². The number of nitrogens with one attached hydrogen (secondary N) is 1. The number of carbonyl (C=O) groups is 1. The lowest BCUT2D eigenvalue weighted by Crippen LogP contribution is -2.14. The molecule has 5 nitrogen and oxygen atoms in total.